The van der Waals surface area contributed by atoms with Crippen molar-refractivity contribution in [1.29, 1.82) is 0 Å². The minimum atomic E-state index is -0.693. The van der Waals surface area contributed by atoms with Crippen LogP contribution in [0.5, 0.6) is 0 Å². The van der Waals surface area contributed by atoms with Crippen molar-refractivity contribution in [2.24, 2.45) is 11.3 Å². The van der Waals surface area contributed by atoms with E-state index in [4.69, 9.17) is 0 Å². The first-order valence-electron chi connectivity index (χ1n) is 11.8. The number of nitrogens with zero attached hydrogens (tertiary/aromatic N) is 1. The van der Waals surface area contributed by atoms with Crippen molar-refractivity contribution in [2.45, 2.75) is 76.3 Å². The molecule has 2 saturated heterocycles. The number of aromatic nitrogens is 1. The predicted molar refractivity (Wildman–Crippen MR) is 120 cm³/mol. The molecule has 2 N–H and O–H groups in total. The molecule has 2 aliphatic heterocycles. The molecule has 7 rings (SSSR count). The molecule has 5 aliphatic rings. The molecule has 1 aromatic carbocycles. The van der Waals surface area contributed by atoms with E-state index in [1.165, 1.54) is 23.8 Å². The summed E-state index contributed by atoms with van der Waals surface area (Å²) in [5.41, 5.74) is 4.61. The second-order valence-electron chi connectivity index (χ2n) is 10.6. The number of aliphatic carboxylic acids is 1. The number of benzene rings is 1. The number of hydrogen-bond acceptors (Lipinski definition) is 2. The second kappa shape index (κ2) is 6.72. The van der Waals surface area contributed by atoms with Crippen LogP contribution in [0, 0.1) is 11.3 Å². The van der Waals surface area contributed by atoms with E-state index in [1.807, 2.05) is 19.2 Å². The summed E-state index contributed by atoms with van der Waals surface area (Å²) in [5.74, 6) is 0.650. The van der Waals surface area contributed by atoms with Crippen molar-refractivity contribution in [3.05, 3.63) is 41.6 Å². The summed E-state index contributed by atoms with van der Waals surface area (Å²) in [7, 11) is 0. The number of allylic oxidation sites excluding steroid dienone is 1. The zero-order chi connectivity index (χ0) is 21.3. The average Bonchev–Trinajstić information content (AvgIpc) is 3.43. The van der Waals surface area contributed by atoms with E-state index in [-0.39, 0.29) is 29.8 Å². The van der Waals surface area contributed by atoms with Crippen molar-refractivity contribution in [3.63, 3.8) is 0 Å². The fraction of sp³-hybridized carbons (Fsp3) is 0.538. The summed E-state index contributed by atoms with van der Waals surface area (Å²) in [6.07, 6.45) is 11.4. The Kier molecular flexibility index (Phi) is 4.15. The van der Waals surface area contributed by atoms with Crippen LogP contribution in [0.25, 0.3) is 16.5 Å². The van der Waals surface area contributed by atoms with Gasteiger partial charge in [-0.1, -0.05) is 12.1 Å². The van der Waals surface area contributed by atoms with E-state index < -0.39 is 5.97 Å². The van der Waals surface area contributed by atoms with Crippen LogP contribution in [0.2, 0.25) is 0 Å². The van der Waals surface area contributed by atoms with Crippen molar-refractivity contribution in [1.82, 2.24) is 9.88 Å². The molecule has 5 fully saturated rings. The van der Waals surface area contributed by atoms with Crippen LogP contribution < -0.4 is 0 Å². The molecule has 2 atom stereocenters. The van der Waals surface area contributed by atoms with Gasteiger partial charge >= 0.3 is 5.97 Å². The third-order valence-corrected chi connectivity index (χ3v) is 8.36. The Balaban J connectivity index is 1.29. The number of carbonyl (C=O) groups excluding carboxylic acids is 1. The van der Waals surface area contributed by atoms with Gasteiger partial charge < -0.3 is 15.0 Å². The monoisotopic (exact) mass is 418 g/mol. The summed E-state index contributed by atoms with van der Waals surface area (Å²) in [5, 5.41) is 10.7. The van der Waals surface area contributed by atoms with E-state index in [9.17, 15) is 14.7 Å². The lowest BCUT2D eigenvalue weighted by Gasteiger charge is -2.61. The third-order valence-electron chi connectivity index (χ3n) is 8.36. The fourth-order valence-corrected chi connectivity index (χ4v) is 7.28. The van der Waals surface area contributed by atoms with E-state index in [0.29, 0.717) is 11.8 Å². The Labute approximate surface area is 182 Å². The zero-order valence-corrected chi connectivity index (χ0v) is 18.1. The molecule has 1 amide bonds. The summed E-state index contributed by atoms with van der Waals surface area (Å²) in [6, 6.07) is 6.87. The number of carboxylic acids is 1. The molecule has 2 aromatic rings. The minimum Gasteiger partial charge on any atom is -0.481 e. The third kappa shape index (κ3) is 3.12. The van der Waals surface area contributed by atoms with Crippen molar-refractivity contribution < 1.29 is 14.7 Å². The fourth-order valence-electron chi connectivity index (χ4n) is 7.28. The molecular formula is C26H30N2O3. The maximum atomic E-state index is 13.5. The van der Waals surface area contributed by atoms with Gasteiger partial charge in [0.1, 0.15) is 0 Å². The number of fused-ring (bicyclic) bond motifs is 1. The van der Waals surface area contributed by atoms with Crippen LogP contribution in [-0.2, 0) is 9.59 Å². The van der Waals surface area contributed by atoms with Gasteiger partial charge in [0.05, 0.1) is 6.42 Å². The van der Waals surface area contributed by atoms with Gasteiger partial charge in [0.2, 0.25) is 5.91 Å². The molecule has 162 valence electrons. The number of piperidine rings is 2. The van der Waals surface area contributed by atoms with Gasteiger partial charge in [-0.15, -0.1) is 0 Å². The van der Waals surface area contributed by atoms with E-state index in [2.05, 4.69) is 28.1 Å². The quantitative estimate of drug-likeness (QED) is 0.665. The van der Waals surface area contributed by atoms with Crippen LogP contribution in [-0.4, -0.2) is 39.0 Å². The molecule has 0 radical (unpaired) electrons. The lowest BCUT2D eigenvalue weighted by molar-refractivity contribution is -0.159. The van der Waals surface area contributed by atoms with Gasteiger partial charge in [-0.3, -0.25) is 9.59 Å². The Morgan fingerprint density at radius 3 is 2.61 bits per heavy atom. The number of nitrogens with one attached hydrogen (secondary N) is 1. The molecule has 4 bridgehead atoms. The van der Waals surface area contributed by atoms with Gasteiger partial charge in [-0.25, -0.2) is 0 Å². The molecule has 3 saturated carbocycles. The highest BCUT2D eigenvalue weighted by Gasteiger charge is 2.55. The maximum Gasteiger partial charge on any atom is 0.303 e. The molecular weight excluding hydrogens is 388 g/mol. The van der Waals surface area contributed by atoms with E-state index in [1.54, 1.807) is 0 Å². The predicted octanol–water partition coefficient (Wildman–Crippen LogP) is 5.08. The Bertz CT molecular complexity index is 1090. The number of hydrogen-bond donors (Lipinski definition) is 2. The number of H-pyrrole nitrogens is 1. The summed E-state index contributed by atoms with van der Waals surface area (Å²) in [6.45, 7) is 2.05. The highest BCUT2D eigenvalue weighted by molar-refractivity contribution is 6.01. The molecule has 1 aromatic heterocycles. The van der Waals surface area contributed by atoms with E-state index in [0.717, 1.165) is 48.8 Å². The van der Waals surface area contributed by atoms with Crippen LogP contribution >= 0.6 is 0 Å². The van der Waals surface area contributed by atoms with Crippen LogP contribution in [0.4, 0.5) is 0 Å². The molecule has 5 nitrogen and oxygen atoms in total. The Morgan fingerprint density at radius 2 is 1.94 bits per heavy atom. The lowest BCUT2D eigenvalue weighted by atomic mass is 9.54. The average molecular weight is 419 g/mol. The lowest BCUT2D eigenvalue weighted by Crippen LogP contribution is -2.63. The van der Waals surface area contributed by atoms with Crippen molar-refractivity contribution in [2.75, 3.05) is 0 Å². The molecule has 0 spiro atoms. The standard InChI is InChI=1S/C26H30N2O3/c1-15(21-14-27-22-4-2-3-20(25(21)22)17-5-6-17)7-23(29)28-18-8-16-9-19(28)12-26(10-16,11-18)13-24(30)31/h2-4,7,14,16-19,27H,5-6,8-13H2,1H3,(H,30,31)/b15-7+. The summed E-state index contributed by atoms with van der Waals surface area (Å²) < 4.78 is 0. The topological polar surface area (TPSA) is 73.4 Å². The zero-order valence-electron chi connectivity index (χ0n) is 18.1. The maximum absolute atomic E-state index is 13.5. The summed E-state index contributed by atoms with van der Waals surface area (Å²) in [4.78, 5) is 30.4. The van der Waals surface area contributed by atoms with Crippen LogP contribution in [0.3, 0.4) is 0 Å². The first-order chi connectivity index (χ1) is 14.9. The smallest absolute Gasteiger partial charge is 0.303 e. The number of amides is 1. The molecule has 3 heterocycles. The van der Waals surface area contributed by atoms with Crippen molar-refractivity contribution >= 4 is 28.4 Å². The first-order valence-corrected chi connectivity index (χ1v) is 11.8. The summed E-state index contributed by atoms with van der Waals surface area (Å²) >= 11 is 0. The normalized spacial score (nSPS) is 32.1. The van der Waals surface area contributed by atoms with Gasteiger partial charge in [0.15, 0.2) is 0 Å². The highest BCUT2D eigenvalue weighted by Crippen LogP contribution is 2.57. The largest absolute Gasteiger partial charge is 0.481 e. The van der Waals surface area contributed by atoms with Crippen molar-refractivity contribution in [3.8, 4) is 0 Å². The SMILES string of the molecule is C/C(=C\C(=O)N1C2CC3CC1CC(CC(=O)O)(C3)C2)c1c[nH]c2cccc(C3CC3)c12. The number of aromatic amines is 1. The van der Waals surface area contributed by atoms with Gasteiger partial charge in [-0.05, 0) is 86.3 Å². The van der Waals surface area contributed by atoms with Gasteiger partial charge in [0.25, 0.3) is 0 Å². The molecule has 31 heavy (non-hydrogen) atoms. The van der Waals surface area contributed by atoms with Gasteiger partial charge in [0, 0.05) is 40.8 Å². The van der Waals surface area contributed by atoms with Crippen LogP contribution in [0.1, 0.15) is 75.3 Å². The number of carbonyl (C=O) groups is 2. The van der Waals surface area contributed by atoms with Crippen LogP contribution in [0.15, 0.2) is 30.5 Å². The van der Waals surface area contributed by atoms with E-state index >= 15 is 0 Å². The van der Waals surface area contributed by atoms with Gasteiger partial charge in [-0.2, -0.15) is 0 Å². The second-order valence-corrected chi connectivity index (χ2v) is 10.6. The first kappa shape index (κ1) is 19.1. The molecule has 2 unspecified atom stereocenters. The Morgan fingerprint density at radius 1 is 1.19 bits per heavy atom. The highest BCUT2D eigenvalue weighted by atomic mass is 16.4. The molecule has 3 aliphatic carbocycles. The number of rotatable bonds is 5. The minimum absolute atomic E-state index is 0.0894. The molecule has 5 heteroatoms. The number of carboxylic acid groups (broad SMARTS) is 1. The Hall–Kier alpha value is -2.56.